The van der Waals surface area contributed by atoms with E-state index in [4.69, 9.17) is 5.11 Å². The first kappa shape index (κ1) is 11.5. The lowest BCUT2D eigenvalue weighted by atomic mass is 9.98. The minimum atomic E-state index is -0.757. The number of rotatable bonds is 4. The first-order valence-electron chi connectivity index (χ1n) is 5.62. The Balaban J connectivity index is 2.15. The summed E-state index contributed by atoms with van der Waals surface area (Å²) >= 11 is 0. The molecule has 1 unspecified atom stereocenters. The largest absolute Gasteiger partial charge is 0.481 e. The van der Waals surface area contributed by atoms with E-state index in [1.165, 1.54) is 0 Å². The summed E-state index contributed by atoms with van der Waals surface area (Å²) in [7, 11) is 0. The van der Waals surface area contributed by atoms with Crippen molar-refractivity contribution in [1.29, 1.82) is 0 Å². The zero-order valence-corrected chi connectivity index (χ0v) is 9.71. The number of aromatic nitrogens is 1. The smallest absolute Gasteiger partial charge is 0.303 e. The van der Waals surface area contributed by atoms with Crippen LogP contribution in [-0.2, 0) is 4.79 Å². The van der Waals surface area contributed by atoms with E-state index >= 15 is 0 Å². The summed E-state index contributed by atoms with van der Waals surface area (Å²) in [6.07, 6.45) is 4.13. The lowest BCUT2D eigenvalue weighted by Crippen LogP contribution is -2.03. The van der Waals surface area contributed by atoms with Gasteiger partial charge in [0.15, 0.2) is 0 Å². The van der Waals surface area contributed by atoms with Crippen LogP contribution in [0.2, 0.25) is 0 Å². The number of benzene rings is 1. The molecule has 0 aliphatic heterocycles. The van der Waals surface area contributed by atoms with Crippen LogP contribution >= 0.6 is 0 Å². The third kappa shape index (κ3) is 2.75. The molecule has 2 aromatic rings. The van der Waals surface area contributed by atoms with Crippen LogP contribution in [0.3, 0.4) is 0 Å². The molecule has 1 heterocycles. The predicted molar refractivity (Wildman–Crippen MR) is 66.4 cm³/mol. The zero-order valence-electron chi connectivity index (χ0n) is 9.71. The maximum atomic E-state index is 10.6. The Labute approximate surface area is 100 Å². The molecule has 1 N–H and O–H groups in total. The summed E-state index contributed by atoms with van der Waals surface area (Å²) in [5, 5.41) is 8.75. The van der Waals surface area contributed by atoms with Gasteiger partial charge in [0.25, 0.3) is 0 Å². The number of carboxylic acid groups (broad SMARTS) is 1. The van der Waals surface area contributed by atoms with Gasteiger partial charge in [0.1, 0.15) is 0 Å². The molecule has 0 spiro atoms. The summed E-state index contributed by atoms with van der Waals surface area (Å²) in [5.74, 6) is -0.710. The lowest BCUT2D eigenvalue weighted by molar-refractivity contribution is -0.137. The van der Waals surface area contributed by atoms with Crippen LogP contribution in [0.4, 0.5) is 0 Å². The van der Waals surface area contributed by atoms with E-state index in [1.54, 1.807) is 0 Å². The first-order chi connectivity index (χ1) is 8.16. The molecule has 1 aromatic carbocycles. The van der Waals surface area contributed by atoms with Crippen LogP contribution in [-0.4, -0.2) is 15.6 Å². The number of hydrogen-bond acceptors (Lipinski definition) is 1. The second kappa shape index (κ2) is 4.87. The number of hydrogen-bond donors (Lipinski definition) is 1. The van der Waals surface area contributed by atoms with E-state index in [0.29, 0.717) is 0 Å². The highest BCUT2D eigenvalue weighted by Crippen LogP contribution is 2.20. The van der Waals surface area contributed by atoms with Crippen molar-refractivity contribution in [3.05, 3.63) is 54.4 Å². The summed E-state index contributed by atoms with van der Waals surface area (Å²) in [5.41, 5.74) is 2.14. The number of aliphatic carboxylic acids is 1. The maximum Gasteiger partial charge on any atom is 0.303 e. The van der Waals surface area contributed by atoms with Gasteiger partial charge in [-0.1, -0.05) is 19.1 Å². The Morgan fingerprint density at radius 2 is 1.82 bits per heavy atom. The predicted octanol–water partition coefficient (Wildman–Crippen LogP) is 3.06. The molecule has 0 aliphatic rings. The summed E-state index contributed by atoms with van der Waals surface area (Å²) in [6.45, 7) is 1.93. The van der Waals surface area contributed by atoms with Gasteiger partial charge < -0.3 is 9.67 Å². The highest BCUT2D eigenvalue weighted by Gasteiger charge is 2.09. The van der Waals surface area contributed by atoms with Gasteiger partial charge in [-0.15, -0.1) is 0 Å². The van der Waals surface area contributed by atoms with Gasteiger partial charge in [0.05, 0.1) is 6.42 Å². The summed E-state index contributed by atoms with van der Waals surface area (Å²) < 4.78 is 2.02. The monoisotopic (exact) mass is 229 g/mol. The van der Waals surface area contributed by atoms with E-state index in [1.807, 2.05) is 60.3 Å². The van der Waals surface area contributed by atoms with Crippen LogP contribution in [0, 0.1) is 0 Å². The fourth-order valence-electron chi connectivity index (χ4n) is 1.86. The molecule has 0 bridgehead atoms. The molecule has 88 valence electrons. The fourth-order valence-corrected chi connectivity index (χ4v) is 1.86. The number of carbonyl (C=O) groups is 1. The second-order valence-corrected chi connectivity index (χ2v) is 4.18. The third-order valence-electron chi connectivity index (χ3n) is 2.85. The number of nitrogens with zero attached hydrogens (tertiary/aromatic N) is 1. The molecule has 0 fully saturated rings. The van der Waals surface area contributed by atoms with Gasteiger partial charge in [0, 0.05) is 18.1 Å². The van der Waals surface area contributed by atoms with Crippen molar-refractivity contribution >= 4 is 5.97 Å². The topological polar surface area (TPSA) is 42.2 Å². The Kier molecular flexibility index (Phi) is 3.28. The fraction of sp³-hybridized carbons (Fsp3) is 0.214. The molecule has 3 nitrogen and oxygen atoms in total. The van der Waals surface area contributed by atoms with E-state index in [-0.39, 0.29) is 12.3 Å². The molecular formula is C14H15NO2. The molecule has 0 saturated heterocycles. The van der Waals surface area contributed by atoms with Gasteiger partial charge in [-0.25, -0.2) is 0 Å². The third-order valence-corrected chi connectivity index (χ3v) is 2.85. The van der Waals surface area contributed by atoms with Crippen LogP contribution in [0.15, 0.2) is 48.8 Å². The minimum absolute atomic E-state index is 0.0474. The standard InChI is InChI=1S/C14H15NO2/c1-11(10-14(16)17)12-4-6-13(7-5-12)15-8-2-3-9-15/h2-9,11H,10H2,1H3,(H,16,17). The molecule has 2 rings (SSSR count). The van der Waals surface area contributed by atoms with Crippen molar-refractivity contribution in [2.45, 2.75) is 19.3 Å². The van der Waals surface area contributed by atoms with Crippen LogP contribution < -0.4 is 0 Å². The molecular weight excluding hydrogens is 214 g/mol. The van der Waals surface area contributed by atoms with Crippen molar-refractivity contribution in [1.82, 2.24) is 4.57 Å². The molecule has 0 amide bonds. The van der Waals surface area contributed by atoms with Gasteiger partial charge >= 0.3 is 5.97 Å². The Bertz CT molecular complexity index is 485. The Morgan fingerprint density at radius 1 is 1.24 bits per heavy atom. The summed E-state index contributed by atoms with van der Waals surface area (Å²) in [4.78, 5) is 10.6. The normalized spacial score (nSPS) is 12.3. The highest BCUT2D eigenvalue weighted by atomic mass is 16.4. The minimum Gasteiger partial charge on any atom is -0.481 e. The van der Waals surface area contributed by atoms with E-state index in [2.05, 4.69) is 0 Å². The van der Waals surface area contributed by atoms with Crippen molar-refractivity contribution in [2.24, 2.45) is 0 Å². The SMILES string of the molecule is CC(CC(=O)O)c1ccc(-n2cccc2)cc1. The molecule has 0 aliphatic carbocycles. The van der Waals surface area contributed by atoms with Crippen molar-refractivity contribution in [3.8, 4) is 5.69 Å². The molecule has 17 heavy (non-hydrogen) atoms. The van der Waals surface area contributed by atoms with E-state index in [0.717, 1.165) is 11.3 Å². The average molecular weight is 229 g/mol. The lowest BCUT2D eigenvalue weighted by Gasteiger charge is -2.10. The van der Waals surface area contributed by atoms with Crippen molar-refractivity contribution in [3.63, 3.8) is 0 Å². The molecule has 0 saturated carbocycles. The summed E-state index contributed by atoms with van der Waals surface area (Å²) in [6, 6.07) is 11.9. The average Bonchev–Trinajstić information content (AvgIpc) is 2.82. The van der Waals surface area contributed by atoms with E-state index < -0.39 is 5.97 Å². The first-order valence-corrected chi connectivity index (χ1v) is 5.62. The maximum absolute atomic E-state index is 10.6. The van der Waals surface area contributed by atoms with E-state index in [9.17, 15) is 4.79 Å². The molecule has 3 heteroatoms. The van der Waals surface area contributed by atoms with Crippen molar-refractivity contribution < 1.29 is 9.90 Å². The molecule has 1 aromatic heterocycles. The van der Waals surface area contributed by atoms with Gasteiger partial charge in [-0.3, -0.25) is 4.79 Å². The van der Waals surface area contributed by atoms with Gasteiger partial charge in [-0.2, -0.15) is 0 Å². The number of carboxylic acids is 1. The quantitative estimate of drug-likeness (QED) is 0.875. The molecule has 0 radical (unpaired) electrons. The van der Waals surface area contributed by atoms with Gasteiger partial charge in [0.2, 0.25) is 0 Å². The van der Waals surface area contributed by atoms with Crippen LogP contribution in [0.5, 0.6) is 0 Å². The van der Waals surface area contributed by atoms with Crippen LogP contribution in [0.25, 0.3) is 5.69 Å². The van der Waals surface area contributed by atoms with Crippen LogP contribution in [0.1, 0.15) is 24.8 Å². The second-order valence-electron chi connectivity index (χ2n) is 4.18. The Morgan fingerprint density at radius 3 is 2.35 bits per heavy atom. The van der Waals surface area contributed by atoms with Crippen molar-refractivity contribution in [2.75, 3.05) is 0 Å². The highest BCUT2D eigenvalue weighted by molar-refractivity contribution is 5.68. The molecule has 1 atom stereocenters. The Hall–Kier alpha value is -2.03. The van der Waals surface area contributed by atoms with Gasteiger partial charge in [-0.05, 0) is 35.7 Å². The zero-order chi connectivity index (χ0) is 12.3.